The number of carbonyl (C=O) groups excluding carboxylic acids is 3. The minimum atomic E-state index is -1.64. The van der Waals surface area contributed by atoms with Crippen LogP contribution < -0.4 is 21.3 Å². The Morgan fingerprint density at radius 1 is 1.04 bits per heavy atom. The van der Waals surface area contributed by atoms with Crippen molar-refractivity contribution in [3.63, 3.8) is 0 Å². The third-order valence-electron chi connectivity index (χ3n) is 3.94. The van der Waals surface area contributed by atoms with Crippen LogP contribution in [0, 0.1) is 0 Å². The standard InChI is InChI=1S/C15H24N4O8/c1-7(17-13(24)8-3-2-4-16-8)12(23)18-9(5-11(21)22)14(25)19-10(6-20)15(26)27/h7-10,16,20H,2-6H2,1H3,(H,17,24)(H,18,23)(H,19,25)(H,21,22)(H,26,27). The molecule has 4 atom stereocenters. The van der Waals surface area contributed by atoms with Crippen LogP contribution in [-0.4, -0.2) is 82.3 Å². The molecular weight excluding hydrogens is 364 g/mol. The summed E-state index contributed by atoms with van der Waals surface area (Å²) in [7, 11) is 0. The zero-order valence-electron chi connectivity index (χ0n) is 14.7. The van der Waals surface area contributed by atoms with Crippen LogP contribution in [0.3, 0.4) is 0 Å². The molecule has 0 aliphatic carbocycles. The molecule has 3 amide bonds. The SMILES string of the molecule is CC(NC(=O)C1CCCN1)C(=O)NC(CC(=O)O)C(=O)NC(CO)C(=O)O. The van der Waals surface area contributed by atoms with Gasteiger partial charge < -0.3 is 36.6 Å². The van der Waals surface area contributed by atoms with Crippen molar-refractivity contribution in [1.82, 2.24) is 21.3 Å². The van der Waals surface area contributed by atoms with Crippen LogP contribution in [0.15, 0.2) is 0 Å². The van der Waals surface area contributed by atoms with E-state index in [1.807, 2.05) is 5.32 Å². The zero-order chi connectivity index (χ0) is 20.6. The molecule has 12 heteroatoms. The molecule has 0 bridgehead atoms. The number of aliphatic carboxylic acids is 2. The topological polar surface area (TPSA) is 194 Å². The Morgan fingerprint density at radius 2 is 1.67 bits per heavy atom. The van der Waals surface area contributed by atoms with Crippen LogP contribution in [0.2, 0.25) is 0 Å². The second kappa shape index (κ2) is 10.4. The quantitative estimate of drug-likeness (QED) is 0.201. The van der Waals surface area contributed by atoms with Crippen molar-refractivity contribution in [3.05, 3.63) is 0 Å². The molecule has 1 aliphatic heterocycles. The van der Waals surface area contributed by atoms with Crippen LogP contribution in [0.4, 0.5) is 0 Å². The Morgan fingerprint density at radius 3 is 2.15 bits per heavy atom. The van der Waals surface area contributed by atoms with Crippen LogP contribution in [0.1, 0.15) is 26.2 Å². The van der Waals surface area contributed by atoms with Gasteiger partial charge in [-0.05, 0) is 26.3 Å². The van der Waals surface area contributed by atoms with Crippen molar-refractivity contribution >= 4 is 29.7 Å². The van der Waals surface area contributed by atoms with Crippen LogP contribution in [0.25, 0.3) is 0 Å². The zero-order valence-corrected chi connectivity index (χ0v) is 14.7. The first-order valence-electron chi connectivity index (χ1n) is 8.35. The fourth-order valence-corrected chi connectivity index (χ4v) is 2.43. The van der Waals surface area contributed by atoms with Crippen molar-refractivity contribution in [2.45, 2.75) is 50.4 Å². The number of aliphatic hydroxyl groups is 1. The van der Waals surface area contributed by atoms with E-state index in [9.17, 15) is 24.0 Å². The summed E-state index contributed by atoms with van der Waals surface area (Å²) in [6.07, 6.45) is 0.650. The van der Waals surface area contributed by atoms with Gasteiger partial charge in [-0.3, -0.25) is 19.2 Å². The number of carboxylic acid groups (broad SMARTS) is 2. The van der Waals surface area contributed by atoms with Gasteiger partial charge in [-0.15, -0.1) is 0 Å². The lowest BCUT2D eigenvalue weighted by molar-refractivity contribution is -0.144. The molecule has 0 saturated carbocycles. The highest BCUT2D eigenvalue weighted by Gasteiger charge is 2.30. The largest absolute Gasteiger partial charge is 0.481 e. The number of nitrogens with one attached hydrogen (secondary N) is 4. The lowest BCUT2D eigenvalue weighted by Gasteiger charge is -2.22. The summed E-state index contributed by atoms with van der Waals surface area (Å²) < 4.78 is 0. The van der Waals surface area contributed by atoms with E-state index in [2.05, 4.69) is 16.0 Å². The Balaban J connectivity index is 2.69. The van der Waals surface area contributed by atoms with Gasteiger partial charge in [0, 0.05) is 0 Å². The van der Waals surface area contributed by atoms with Crippen molar-refractivity contribution in [2.75, 3.05) is 13.2 Å². The lowest BCUT2D eigenvalue weighted by Crippen LogP contribution is -2.57. The molecule has 27 heavy (non-hydrogen) atoms. The molecule has 12 nitrogen and oxygen atoms in total. The van der Waals surface area contributed by atoms with Gasteiger partial charge in [0.2, 0.25) is 17.7 Å². The van der Waals surface area contributed by atoms with Gasteiger partial charge in [0.1, 0.15) is 18.1 Å². The maximum atomic E-state index is 12.2. The maximum Gasteiger partial charge on any atom is 0.328 e. The van der Waals surface area contributed by atoms with E-state index >= 15 is 0 Å². The van der Waals surface area contributed by atoms with Crippen molar-refractivity contribution in [3.8, 4) is 0 Å². The molecular formula is C15H24N4O8. The Hall–Kier alpha value is -2.73. The Kier molecular flexibility index (Phi) is 8.62. The highest BCUT2D eigenvalue weighted by molar-refractivity contribution is 5.95. The fourth-order valence-electron chi connectivity index (χ4n) is 2.43. The lowest BCUT2D eigenvalue weighted by atomic mass is 10.1. The third kappa shape index (κ3) is 7.19. The normalized spacial score (nSPS) is 19.4. The molecule has 4 unspecified atom stereocenters. The number of amides is 3. The molecule has 1 fully saturated rings. The molecule has 1 rings (SSSR count). The molecule has 0 aromatic carbocycles. The molecule has 1 aliphatic rings. The van der Waals surface area contributed by atoms with E-state index in [0.29, 0.717) is 13.0 Å². The average Bonchev–Trinajstić information content (AvgIpc) is 3.12. The van der Waals surface area contributed by atoms with E-state index < -0.39 is 60.9 Å². The van der Waals surface area contributed by atoms with E-state index in [1.165, 1.54) is 6.92 Å². The van der Waals surface area contributed by atoms with Gasteiger partial charge in [-0.2, -0.15) is 0 Å². The van der Waals surface area contributed by atoms with Gasteiger partial charge in [-0.1, -0.05) is 0 Å². The smallest absolute Gasteiger partial charge is 0.328 e. The molecule has 1 saturated heterocycles. The van der Waals surface area contributed by atoms with E-state index in [-0.39, 0.29) is 5.91 Å². The third-order valence-corrected chi connectivity index (χ3v) is 3.94. The summed E-state index contributed by atoms with van der Waals surface area (Å²) in [4.78, 5) is 58.1. The van der Waals surface area contributed by atoms with Gasteiger partial charge in [-0.25, -0.2) is 4.79 Å². The predicted octanol–water partition coefficient (Wildman–Crippen LogP) is -3.24. The molecule has 152 valence electrons. The number of rotatable bonds is 10. The van der Waals surface area contributed by atoms with Crippen LogP contribution >= 0.6 is 0 Å². The summed E-state index contributed by atoms with van der Waals surface area (Å²) in [5.74, 6) is -5.20. The molecule has 0 aromatic rings. The summed E-state index contributed by atoms with van der Waals surface area (Å²) >= 11 is 0. The minimum absolute atomic E-state index is 0.388. The van der Waals surface area contributed by atoms with Crippen LogP contribution in [-0.2, 0) is 24.0 Å². The van der Waals surface area contributed by atoms with E-state index in [1.54, 1.807) is 0 Å². The number of aliphatic hydroxyl groups excluding tert-OH is 1. The first kappa shape index (κ1) is 22.3. The summed E-state index contributed by atoms with van der Waals surface area (Å²) in [5, 5.41) is 36.2. The Bertz CT molecular complexity index is 590. The fraction of sp³-hybridized carbons (Fsp3) is 0.667. The summed E-state index contributed by atoms with van der Waals surface area (Å²) in [6, 6.07) is -4.68. The number of hydrogen-bond acceptors (Lipinski definition) is 7. The summed E-state index contributed by atoms with van der Waals surface area (Å²) in [5.41, 5.74) is 0. The van der Waals surface area contributed by atoms with Gasteiger partial charge >= 0.3 is 11.9 Å². The number of carboxylic acids is 2. The number of hydrogen-bond donors (Lipinski definition) is 7. The van der Waals surface area contributed by atoms with Gasteiger partial charge in [0.05, 0.1) is 19.1 Å². The Labute approximate surface area is 154 Å². The molecule has 0 aromatic heterocycles. The minimum Gasteiger partial charge on any atom is -0.481 e. The van der Waals surface area contributed by atoms with Crippen molar-refractivity contribution in [1.29, 1.82) is 0 Å². The monoisotopic (exact) mass is 388 g/mol. The predicted molar refractivity (Wildman–Crippen MR) is 89.5 cm³/mol. The maximum absolute atomic E-state index is 12.2. The number of carbonyl (C=O) groups is 5. The highest BCUT2D eigenvalue weighted by Crippen LogP contribution is 2.05. The highest BCUT2D eigenvalue weighted by atomic mass is 16.4. The molecule has 0 spiro atoms. The van der Waals surface area contributed by atoms with Crippen molar-refractivity contribution in [2.24, 2.45) is 0 Å². The molecule has 7 N–H and O–H groups in total. The molecule has 0 radical (unpaired) electrons. The van der Waals surface area contributed by atoms with Gasteiger partial charge in [0.15, 0.2) is 0 Å². The van der Waals surface area contributed by atoms with Crippen molar-refractivity contribution < 1.29 is 39.3 Å². The second-order valence-corrected chi connectivity index (χ2v) is 6.12. The molecule has 1 heterocycles. The van der Waals surface area contributed by atoms with E-state index in [4.69, 9.17) is 15.3 Å². The van der Waals surface area contributed by atoms with Gasteiger partial charge in [0.25, 0.3) is 0 Å². The first-order valence-corrected chi connectivity index (χ1v) is 8.35. The van der Waals surface area contributed by atoms with Crippen LogP contribution in [0.5, 0.6) is 0 Å². The second-order valence-electron chi connectivity index (χ2n) is 6.12. The first-order chi connectivity index (χ1) is 12.6. The average molecular weight is 388 g/mol. The van der Waals surface area contributed by atoms with E-state index in [0.717, 1.165) is 6.42 Å². The summed E-state index contributed by atoms with van der Waals surface area (Å²) in [6.45, 7) is 1.15.